The number of nitrogens with zero attached hydrogens (tertiary/aromatic N) is 4. The second-order valence-electron chi connectivity index (χ2n) is 3.54. The molecule has 0 saturated heterocycles. The Bertz CT molecular complexity index is 566. The molecular weight excluding hydrogens is 242 g/mol. The van der Waals surface area contributed by atoms with Crippen molar-refractivity contribution >= 4 is 23.3 Å². The molecule has 0 aliphatic carbocycles. The van der Waals surface area contributed by atoms with Crippen molar-refractivity contribution in [2.75, 3.05) is 5.73 Å². The molecule has 2 N–H and O–H groups in total. The van der Waals surface area contributed by atoms with Gasteiger partial charge in [-0.1, -0.05) is 16.7 Å². The first-order valence-electron chi connectivity index (χ1n) is 4.89. The first-order valence-corrected chi connectivity index (χ1v) is 5.26. The first kappa shape index (κ1) is 11.5. The van der Waals surface area contributed by atoms with Crippen LogP contribution in [0.25, 0.3) is 0 Å². The highest BCUT2D eigenvalue weighted by molar-refractivity contribution is 6.31. The third-order valence-corrected chi connectivity index (χ3v) is 2.60. The van der Waals surface area contributed by atoms with Crippen LogP contribution in [0.5, 0.6) is 0 Å². The van der Waals surface area contributed by atoms with Crippen LogP contribution >= 0.6 is 11.6 Å². The van der Waals surface area contributed by atoms with E-state index in [0.717, 1.165) is 5.56 Å². The molecule has 2 aromatic rings. The number of ketones is 1. The molecule has 0 radical (unpaired) electrons. The molecule has 7 heteroatoms. The average molecular weight is 252 g/mol. The van der Waals surface area contributed by atoms with Crippen LogP contribution in [0.2, 0.25) is 5.02 Å². The number of anilines is 1. The quantitative estimate of drug-likeness (QED) is 0.827. The molecule has 0 atom stereocenters. The van der Waals surface area contributed by atoms with E-state index in [-0.39, 0.29) is 11.7 Å². The van der Waals surface area contributed by atoms with Gasteiger partial charge in [0.15, 0.2) is 5.78 Å². The molecule has 6 nitrogen and oxygen atoms in total. The molecule has 0 aliphatic heterocycles. The van der Waals surface area contributed by atoms with E-state index in [1.807, 2.05) is 0 Å². The lowest BCUT2D eigenvalue weighted by molar-refractivity contribution is 0.101. The fourth-order valence-electron chi connectivity index (χ4n) is 1.39. The second kappa shape index (κ2) is 4.50. The molecule has 2 rings (SSSR count). The normalized spacial score (nSPS) is 10.5. The maximum absolute atomic E-state index is 11.3. The van der Waals surface area contributed by atoms with E-state index in [0.29, 0.717) is 17.1 Å². The summed E-state index contributed by atoms with van der Waals surface area (Å²) in [5, 5.41) is 11.7. The van der Waals surface area contributed by atoms with Crippen molar-refractivity contribution in [1.82, 2.24) is 20.2 Å². The molecule has 0 aliphatic rings. The topological polar surface area (TPSA) is 86.7 Å². The average Bonchev–Trinajstić information content (AvgIpc) is 2.67. The lowest BCUT2D eigenvalue weighted by Crippen LogP contribution is -2.06. The number of hydrogen-bond acceptors (Lipinski definition) is 5. The Morgan fingerprint density at radius 1 is 1.53 bits per heavy atom. The fraction of sp³-hybridized carbons (Fsp3) is 0.200. The van der Waals surface area contributed by atoms with E-state index in [1.54, 1.807) is 18.2 Å². The number of Topliss-reactive ketones (excluding diaryl/α,β-unsaturated/α-hetero) is 1. The van der Waals surface area contributed by atoms with Gasteiger partial charge in [0.1, 0.15) is 0 Å². The Kier molecular flexibility index (Phi) is 3.06. The molecule has 1 heterocycles. The third-order valence-electron chi connectivity index (χ3n) is 2.23. The molecule has 88 valence electrons. The van der Waals surface area contributed by atoms with Gasteiger partial charge in [-0.2, -0.15) is 4.80 Å². The van der Waals surface area contributed by atoms with E-state index in [4.69, 9.17) is 17.3 Å². The number of carbonyl (C=O) groups is 1. The molecule has 0 amide bonds. The summed E-state index contributed by atoms with van der Waals surface area (Å²) in [6.45, 7) is 1.82. The van der Waals surface area contributed by atoms with Gasteiger partial charge < -0.3 is 5.73 Å². The third kappa shape index (κ3) is 2.59. The van der Waals surface area contributed by atoms with Gasteiger partial charge in [0.25, 0.3) is 5.95 Å². The first-order chi connectivity index (χ1) is 8.06. The Morgan fingerprint density at radius 3 is 2.88 bits per heavy atom. The maximum Gasteiger partial charge on any atom is 0.260 e. The number of nitrogens with two attached hydrogens (primary N) is 1. The Hall–Kier alpha value is -1.95. The number of tetrazole rings is 1. The van der Waals surface area contributed by atoms with E-state index in [9.17, 15) is 4.79 Å². The van der Waals surface area contributed by atoms with Crippen LogP contribution in [0, 0.1) is 0 Å². The number of carbonyl (C=O) groups excluding carboxylic acids is 1. The van der Waals surface area contributed by atoms with Crippen molar-refractivity contribution in [3.8, 4) is 0 Å². The van der Waals surface area contributed by atoms with Gasteiger partial charge in [-0.15, -0.1) is 5.10 Å². The summed E-state index contributed by atoms with van der Waals surface area (Å²) in [4.78, 5) is 12.6. The Balaban J connectivity index is 2.31. The standard InChI is InChI=1S/C10H10ClN5O/c1-6(17)7-2-3-9(11)8(4-7)5-16-14-10(12)13-15-16/h2-4H,5H2,1H3,(H2,12,14). The highest BCUT2D eigenvalue weighted by Gasteiger charge is 2.07. The van der Waals surface area contributed by atoms with Crippen molar-refractivity contribution in [2.45, 2.75) is 13.5 Å². The van der Waals surface area contributed by atoms with E-state index in [2.05, 4.69) is 15.4 Å². The van der Waals surface area contributed by atoms with Gasteiger partial charge in [-0.25, -0.2) is 0 Å². The summed E-state index contributed by atoms with van der Waals surface area (Å²) in [7, 11) is 0. The number of aromatic nitrogens is 4. The fourth-order valence-corrected chi connectivity index (χ4v) is 1.57. The van der Waals surface area contributed by atoms with Crippen LogP contribution in [0.1, 0.15) is 22.8 Å². The minimum atomic E-state index is -0.0195. The van der Waals surface area contributed by atoms with E-state index in [1.165, 1.54) is 11.7 Å². The molecule has 0 spiro atoms. The van der Waals surface area contributed by atoms with Crippen LogP contribution < -0.4 is 5.73 Å². The highest BCUT2D eigenvalue weighted by atomic mass is 35.5. The molecule has 0 fully saturated rings. The smallest absolute Gasteiger partial charge is 0.260 e. The van der Waals surface area contributed by atoms with Crippen LogP contribution in [0.15, 0.2) is 18.2 Å². The predicted octanol–water partition coefficient (Wildman–Crippen LogP) is 1.16. The van der Waals surface area contributed by atoms with Gasteiger partial charge in [0.05, 0.1) is 6.54 Å². The van der Waals surface area contributed by atoms with Crippen LogP contribution in [0.4, 0.5) is 5.95 Å². The number of hydrogen-bond donors (Lipinski definition) is 1. The van der Waals surface area contributed by atoms with Crippen molar-refractivity contribution < 1.29 is 4.79 Å². The molecule has 1 aromatic carbocycles. The van der Waals surface area contributed by atoms with Crippen molar-refractivity contribution in [3.05, 3.63) is 34.3 Å². The highest BCUT2D eigenvalue weighted by Crippen LogP contribution is 2.18. The predicted molar refractivity (Wildman–Crippen MR) is 62.8 cm³/mol. The zero-order valence-corrected chi connectivity index (χ0v) is 9.85. The van der Waals surface area contributed by atoms with Crippen LogP contribution in [-0.4, -0.2) is 26.0 Å². The van der Waals surface area contributed by atoms with E-state index < -0.39 is 0 Å². The lowest BCUT2D eigenvalue weighted by atomic mass is 10.1. The summed E-state index contributed by atoms with van der Waals surface area (Å²) in [6.07, 6.45) is 0. The number of halogens is 1. The van der Waals surface area contributed by atoms with E-state index >= 15 is 0 Å². The van der Waals surface area contributed by atoms with Gasteiger partial charge in [-0.3, -0.25) is 4.79 Å². The Morgan fingerprint density at radius 2 is 2.29 bits per heavy atom. The summed E-state index contributed by atoms with van der Waals surface area (Å²) in [5.74, 6) is 0.0813. The summed E-state index contributed by atoms with van der Waals surface area (Å²) < 4.78 is 0. The zero-order chi connectivity index (χ0) is 12.4. The summed E-state index contributed by atoms with van der Waals surface area (Å²) in [5.41, 5.74) is 6.70. The van der Waals surface area contributed by atoms with Crippen molar-refractivity contribution in [2.24, 2.45) is 0 Å². The number of nitrogen functional groups attached to an aromatic ring is 1. The van der Waals surface area contributed by atoms with Crippen molar-refractivity contribution in [3.63, 3.8) is 0 Å². The molecule has 0 bridgehead atoms. The molecule has 17 heavy (non-hydrogen) atoms. The molecular formula is C10H10ClN5O. The lowest BCUT2D eigenvalue weighted by Gasteiger charge is -2.04. The molecule has 1 aromatic heterocycles. The Labute approximate surface area is 102 Å². The maximum atomic E-state index is 11.3. The largest absolute Gasteiger partial charge is 0.365 e. The number of benzene rings is 1. The SMILES string of the molecule is CC(=O)c1ccc(Cl)c(Cn2nnc(N)n2)c1. The van der Waals surface area contributed by atoms with Crippen molar-refractivity contribution in [1.29, 1.82) is 0 Å². The van der Waals surface area contributed by atoms with Gasteiger partial charge >= 0.3 is 0 Å². The van der Waals surface area contributed by atoms with Crippen LogP contribution in [0.3, 0.4) is 0 Å². The molecule has 0 saturated carbocycles. The minimum Gasteiger partial charge on any atom is -0.365 e. The second-order valence-corrected chi connectivity index (χ2v) is 3.95. The summed E-state index contributed by atoms with van der Waals surface area (Å²) >= 11 is 6.03. The zero-order valence-electron chi connectivity index (χ0n) is 9.09. The number of rotatable bonds is 3. The minimum absolute atomic E-state index is 0.0195. The molecule has 0 unspecified atom stereocenters. The van der Waals surface area contributed by atoms with Gasteiger partial charge in [-0.05, 0) is 35.9 Å². The van der Waals surface area contributed by atoms with Crippen LogP contribution in [-0.2, 0) is 6.54 Å². The van der Waals surface area contributed by atoms with Gasteiger partial charge in [0, 0.05) is 10.6 Å². The monoisotopic (exact) mass is 251 g/mol. The summed E-state index contributed by atoms with van der Waals surface area (Å²) in [6, 6.07) is 5.06. The van der Waals surface area contributed by atoms with Gasteiger partial charge in [0.2, 0.25) is 0 Å².